The molecule has 2 unspecified atom stereocenters. The highest BCUT2D eigenvalue weighted by Crippen LogP contribution is 2.43. The second-order valence-electron chi connectivity index (χ2n) is 2.95. The first-order valence-corrected chi connectivity index (χ1v) is 5.95. The van der Waals surface area contributed by atoms with E-state index in [2.05, 4.69) is 9.05 Å². The van der Waals surface area contributed by atoms with E-state index in [0.717, 1.165) is 0 Å². The minimum atomic E-state index is -4.54. The van der Waals surface area contributed by atoms with Crippen LogP contribution in [0.25, 0.3) is 0 Å². The molecule has 0 amide bonds. The molecule has 8 heteroatoms. The van der Waals surface area contributed by atoms with Crippen LogP contribution in [-0.2, 0) is 18.4 Å². The quantitative estimate of drug-likeness (QED) is 0.450. The van der Waals surface area contributed by atoms with Gasteiger partial charge in [0.05, 0.1) is 13.2 Å². The number of carbonyl (C=O) groups excluding carboxylic acids is 1. The van der Waals surface area contributed by atoms with E-state index in [1.165, 1.54) is 13.0 Å². The van der Waals surface area contributed by atoms with E-state index < -0.39 is 33.1 Å². The lowest BCUT2D eigenvalue weighted by Gasteiger charge is -2.13. The maximum atomic E-state index is 11.1. The molecular formula is C8H15O7P. The van der Waals surface area contributed by atoms with Gasteiger partial charge in [-0.05, 0) is 13.8 Å². The van der Waals surface area contributed by atoms with Crippen LogP contribution in [0.15, 0.2) is 11.6 Å². The first-order valence-electron chi connectivity index (χ1n) is 4.45. The van der Waals surface area contributed by atoms with Gasteiger partial charge in [-0.2, -0.15) is 0 Å². The SMILES string of the molecule is CC=C(C)C(=O)OP(=O)(O)OCC(O)CO. The highest BCUT2D eigenvalue weighted by atomic mass is 31.2. The molecule has 16 heavy (non-hydrogen) atoms. The van der Waals surface area contributed by atoms with Crippen molar-refractivity contribution >= 4 is 13.8 Å². The van der Waals surface area contributed by atoms with Gasteiger partial charge in [0, 0.05) is 5.57 Å². The second kappa shape index (κ2) is 6.78. The fourth-order valence-electron chi connectivity index (χ4n) is 0.554. The molecule has 0 aliphatic rings. The molecule has 94 valence electrons. The third-order valence-corrected chi connectivity index (χ3v) is 2.47. The summed E-state index contributed by atoms with van der Waals surface area (Å²) in [5.41, 5.74) is 0.153. The Morgan fingerprint density at radius 2 is 2.12 bits per heavy atom. The van der Waals surface area contributed by atoms with Crippen molar-refractivity contribution in [2.45, 2.75) is 20.0 Å². The van der Waals surface area contributed by atoms with Crippen LogP contribution in [0.1, 0.15) is 13.8 Å². The second-order valence-corrected chi connectivity index (χ2v) is 4.33. The number of phosphoric ester groups is 1. The van der Waals surface area contributed by atoms with Gasteiger partial charge in [0.15, 0.2) is 0 Å². The zero-order valence-electron chi connectivity index (χ0n) is 8.99. The molecule has 0 bridgehead atoms. The van der Waals surface area contributed by atoms with Crippen LogP contribution < -0.4 is 0 Å². The van der Waals surface area contributed by atoms with Gasteiger partial charge in [-0.1, -0.05) is 6.08 Å². The topological polar surface area (TPSA) is 113 Å². The monoisotopic (exact) mass is 254 g/mol. The standard InChI is InChI=1S/C8H15O7P/c1-3-6(2)8(11)15-16(12,13)14-5-7(10)4-9/h3,7,9-10H,4-5H2,1-2H3,(H,12,13). The summed E-state index contributed by atoms with van der Waals surface area (Å²) in [6.45, 7) is 1.74. The third-order valence-electron chi connectivity index (χ3n) is 1.59. The Morgan fingerprint density at radius 3 is 2.56 bits per heavy atom. The summed E-state index contributed by atoms with van der Waals surface area (Å²) in [6, 6.07) is 0. The molecule has 0 fully saturated rings. The third kappa shape index (κ3) is 5.99. The smallest absolute Gasteiger partial charge is 0.394 e. The minimum absolute atomic E-state index is 0.153. The lowest BCUT2D eigenvalue weighted by molar-refractivity contribution is -0.131. The van der Waals surface area contributed by atoms with E-state index in [1.807, 2.05) is 0 Å². The number of hydrogen-bond donors (Lipinski definition) is 3. The van der Waals surface area contributed by atoms with Crippen molar-refractivity contribution in [1.29, 1.82) is 0 Å². The lowest BCUT2D eigenvalue weighted by atomic mass is 10.3. The molecule has 0 saturated heterocycles. The van der Waals surface area contributed by atoms with Crippen LogP contribution in [0.2, 0.25) is 0 Å². The zero-order chi connectivity index (χ0) is 12.8. The van der Waals surface area contributed by atoms with Crippen molar-refractivity contribution in [2.24, 2.45) is 0 Å². The Balaban J connectivity index is 4.25. The zero-order valence-corrected chi connectivity index (χ0v) is 9.89. The van der Waals surface area contributed by atoms with E-state index in [9.17, 15) is 9.36 Å². The number of allylic oxidation sites excluding steroid dienone is 1. The minimum Gasteiger partial charge on any atom is -0.394 e. The highest BCUT2D eigenvalue weighted by molar-refractivity contribution is 7.48. The first kappa shape index (κ1) is 15.3. The first-order chi connectivity index (χ1) is 7.32. The van der Waals surface area contributed by atoms with Crippen molar-refractivity contribution in [1.82, 2.24) is 0 Å². The molecular weight excluding hydrogens is 239 g/mol. The molecule has 0 aliphatic carbocycles. The fraction of sp³-hybridized carbons (Fsp3) is 0.625. The van der Waals surface area contributed by atoms with Crippen molar-refractivity contribution in [3.63, 3.8) is 0 Å². The summed E-state index contributed by atoms with van der Waals surface area (Å²) < 4.78 is 19.6. The number of aliphatic hydroxyl groups excluding tert-OH is 2. The van der Waals surface area contributed by atoms with Crippen LogP contribution in [-0.4, -0.2) is 40.4 Å². The molecule has 0 heterocycles. The molecule has 7 nitrogen and oxygen atoms in total. The van der Waals surface area contributed by atoms with E-state index in [0.29, 0.717) is 0 Å². The van der Waals surface area contributed by atoms with Gasteiger partial charge < -0.3 is 14.7 Å². The predicted octanol–water partition coefficient (Wildman–Crippen LogP) is -0.0340. The maximum absolute atomic E-state index is 11.1. The van der Waals surface area contributed by atoms with Crippen molar-refractivity contribution < 1.29 is 33.5 Å². The molecule has 0 radical (unpaired) electrons. The molecule has 0 aromatic rings. The number of aliphatic hydroxyl groups is 2. The van der Waals surface area contributed by atoms with Crippen molar-refractivity contribution in [2.75, 3.05) is 13.2 Å². The Kier molecular flexibility index (Phi) is 6.47. The molecule has 0 aliphatic heterocycles. The van der Waals surface area contributed by atoms with Crippen LogP contribution >= 0.6 is 7.82 Å². The van der Waals surface area contributed by atoms with E-state index in [-0.39, 0.29) is 5.57 Å². The number of rotatable bonds is 6. The van der Waals surface area contributed by atoms with Crippen LogP contribution in [0.4, 0.5) is 0 Å². The largest absolute Gasteiger partial charge is 0.529 e. The molecule has 0 saturated carbocycles. The van der Waals surface area contributed by atoms with E-state index in [1.54, 1.807) is 6.92 Å². The van der Waals surface area contributed by atoms with Crippen LogP contribution in [0, 0.1) is 0 Å². The van der Waals surface area contributed by atoms with Crippen molar-refractivity contribution in [3.05, 3.63) is 11.6 Å². The Morgan fingerprint density at radius 1 is 1.56 bits per heavy atom. The van der Waals surface area contributed by atoms with Crippen molar-refractivity contribution in [3.8, 4) is 0 Å². The molecule has 0 rings (SSSR count). The summed E-state index contributed by atoms with van der Waals surface area (Å²) in [4.78, 5) is 20.1. The summed E-state index contributed by atoms with van der Waals surface area (Å²) in [5, 5.41) is 17.3. The molecule has 3 N–H and O–H groups in total. The summed E-state index contributed by atoms with van der Waals surface area (Å²) in [6.07, 6.45) is 0.104. The van der Waals surface area contributed by atoms with Gasteiger partial charge in [-0.25, -0.2) is 9.36 Å². The molecule has 0 aromatic heterocycles. The lowest BCUT2D eigenvalue weighted by Crippen LogP contribution is -2.19. The summed E-state index contributed by atoms with van der Waals surface area (Å²) in [7, 11) is -4.54. The van der Waals surface area contributed by atoms with Gasteiger partial charge in [-0.3, -0.25) is 9.42 Å². The van der Waals surface area contributed by atoms with Crippen LogP contribution in [0.5, 0.6) is 0 Å². The van der Waals surface area contributed by atoms with E-state index in [4.69, 9.17) is 15.1 Å². The Labute approximate surface area is 92.9 Å². The van der Waals surface area contributed by atoms with Crippen LogP contribution in [0.3, 0.4) is 0 Å². The highest BCUT2D eigenvalue weighted by Gasteiger charge is 2.27. The van der Waals surface area contributed by atoms with Gasteiger partial charge in [-0.15, -0.1) is 0 Å². The van der Waals surface area contributed by atoms with Gasteiger partial charge >= 0.3 is 13.8 Å². The number of phosphoric acid groups is 1. The molecule has 0 spiro atoms. The average Bonchev–Trinajstić information content (AvgIpc) is 2.24. The molecule has 0 aromatic carbocycles. The Hall–Kier alpha value is -0.720. The fourth-order valence-corrected chi connectivity index (χ4v) is 1.32. The summed E-state index contributed by atoms with van der Waals surface area (Å²) >= 11 is 0. The Bertz CT molecular complexity index is 312. The normalized spacial score (nSPS) is 17.7. The molecule has 2 atom stereocenters. The summed E-state index contributed by atoms with van der Waals surface area (Å²) in [5.74, 6) is -0.980. The van der Waals surface area contributed by atoms with E-state index >= 15 is 0 Å². The average molecular weight is 254 g/mol. The maximum Gasteiger partial charge on any atom is 0.529 e. The van der Waals surface area contributed by atoms with Gasteiger partial charge in [0.25, 0.3) is 0 Å². The predicted molar refractivity (Wildman–Crippen MR) is 54.4 cm³/mol. The number of carbonyl (C=O) groups is 1. The van der Waals surface area contributed by atoms with Gasteiger partial charge in [0.1, 0.15) is 6.10 Å². The number of hydrogen-bond acceptors (Lipinski definition) is 6. The van der Waals surface area contributed by atoms with Gasteiger partial charge in [0.2, 0.25) is 0 Å².